The topological polar surface area (TPSA) is 88.3 Å². The van der Waals surface area contributed by atoms with Crippen molar-refractivity contribution in [3.05, 3.63) is 52.7 Å². The molecule has 2 aromatic rings. The molecule has 0 saturated heterocycles. The first-order valence-corrected chi connectivity index (χ1v) is 6.96. The van der Waals surface area contributed by atoms with E-state index >= 15 is 0 Å². The summed E-state index contributed by atoms with van der Waals surface area (Å²) in [7, 11) is -2.78. The number of H-pyrrole nitrogens is 1. The second-order valence-corrected chi connectivity index (χ2v) is 5.48. The molecule has 0 saturated carbocycles. The summed E-state index contributed by atoms with van der Waals surface area (Å²) in [4.78, 5) is 13.6. The molecule has 1 aromatic heterocycles. The van der Waals surface area contributed by atoms with Gasteiger partial charge in [0.2, 0.25) is 5.43 Å². The molecule has 20 heavy (non-hydrogen) atoms. The average Bonchev–Trinajstić information content (AvgIpc) is 2.38. The Morgan fingerprint density at radius 2 is 2.05 bits per heavy atom. The first-order chi connectivity index (χ1) is 9.44. The molecule has 0 atom stereocenters. The minimum absolute atomic E-state index is 0.00782. The predicted octanol–water partition coefficient (Wildman–Crippen LogP) is 1.32. The van der Waals surface area contributed by atoms with E-state index in [0.717, 1.165) is 18.3 Å². The molecular formula is C12H11FN2O4S. The highest BCUT2D eigenvalue weighted by Crippen LogP contribution is 2.22. The second-order valence-electron chi connectivity index (χ2n) is 3.83. The average molecular weight is 298 g/mol. The third-order valence-corrected chi connectivity index (χ3v) is 3.88. The fourth-order valence-corrected chi connectivity index (χ4v) is 2.65. The summed E-state index contributed by atoms with van der Waals surface area (Å²) in [6.45, 7) is 0. The Morgan fingerprint density at radius 3 is 2.65 bits per heavy atom. The number of nitrogens with one attached hydrogen (secondary N) is 2. The molecule has 0 radical (unpaired) electrons. The van der Waals surface area contributed by atoms with Crippen LogP contribution in [0.15, 0.2) is 46.3 Å². The number of hydrogen-bond donors (Lipinski definition) is 2. The van der Waals surface area contributed by atoms with Crippen molar-refractivity contribution in [2.45, 2.75) is 4.90 Å². The summed E-state index contributed by atoms with van der Waals surface area (Å²) in [6.07, 6.45) is 2.37. The summed E-state index contributed by atoms with van der Waals surface area (Å²) in [5, 5.41) is 0. The zero-order valence-corrected chi connectivity index (χ0v) is 11.2. The van der Waals surface area contributed by atoms with Gasteiger partial charge in [0.15, 0.2) is 16.5 Å². The quantitative estimate of drug-likeness (QED) is 0.891. The summed E-state index contributed by atoms with van der Waals surface area (Å²) in [5.74, 6) is -0.722. The summed E-state index contributed by atoms with van der Waals surface area (Å²) < 4.78 is 44.3. The molecule has 0 bridgehead atoms. The number of sulfonamides is 1. The lowest BCUT2D eigenvalue weighted by Gasteiger charge is -2.08. The molecule has 0 fully saturated rings. The van der Waals surface area contributed by atoms with E-state index in [2.05, 4.69) is 9.71 Å². The summed E-state index contributed by atoms with van der Waals surface area (Å²) >= 11 is 0. The highest BCUT2D eigenvalue weighted by atomic mass is 32.2. The molecule has 0 unspecified atom stereocenters. The van der Waals surface area contributed by atoms with Crippen LogP contribution < -0.4 is 14.9 Å². The minimum atomic E-state index is -4.08. The predicted molar refractivity (Wildman–Crippen MR) is 70.8 cm³/mol. The van der Waals surface area contributed by atoms with Crippen molar-refractivity contribution >= 4 is 15.7 Å². The van der Waals surface area contributed by atoms with Gasteiger partial charge in [-0.15, -0.1) is 0 Å². The lowest BCUT2D eigenvalue weighted by atomic mass is 10.3. The van der Waals surface area contributed by atoms with Crippen molar-refractivity contribution in [2.24, 2.45) is 0 Å². The van der Waals surface area contributed by atoms with Crippen molar-refractivity contribution in [1.82, 2.24) is 4.98 Å². The van der Waals surface area contributed by atoms with Gasteiger partial charge in [-0.1, -0.05) is 0 Å². The van der Waals surface area contributed by atoms with Crippen molar-refractivity contribution in [1.29, 1.82) is 0 Å². The number of hydrogen-bond acceptors (Lipinski definition) is 4. The molecular weight excluding hydrogens is 287 g/mol. The van der Waals surface area contributed by atoms with Crippen LogP contribution in [-0.2, 0) is 10.0 Å². The minimum Gasteiger partial charge on any atom is -0.494 e. The number of methoxy groups -OCH3 is 1. The molecule has 1 aromatic carbocycles. The molecule has 2 N–H and O–H groups in total. The molecule has 8 heteroatoms. The molecule has 6 nitrogen and oxygen atoms in total. The lowest BCUT2D eigenvalue weighted by molar-refractivity contribution is 0.386. The van der Waals surface area contributed by atoms with Crippen LogP contribution in [0.3, 0.4) is 0 Å². The third kappa shape index (κ3) is 2.80. The van der Waals surface area contributed by atoms with Gasteiger partial charge in [-0.3, -0.25) is 9.52 Å². The van der Waals surface area contributed by atoms with Gasteiger partial charge >= 0.3 is 0 Å². The fourth-order valence-electron chi connectivity index (χ4n) is 1.55. The van der Waals surface area contributed by atoms with Gasteiger partial charge in [0.05, 0.1) is 12.8 Å². The summed E-state index contributed by atoms with van der Waals surface area (Å²) in [5.41, 5.74) is -0.670. The molecule has 0 aliphatic rings. The van der Waals surface area contributed by atoms with E-state index in [-0.39, 0.29) is 11.4 Å². The highest BCUT2D eigenvalue weighted by Gasteiger charge is 2.18. The monoisotopic (exact) mass is 298 g/mol. The van der Waals surface area contributed by atoms with E-state index in [1.54, 1.807) is 0 Å². The first-order valence-electron chi connectivity index (χ1n) is 5.47. The largest absolute Gasteiger partial charge is 0.494 e. The number of ether oxygens (including phenoxy) is 1. The molecule has 0 aliphatic carbocycles. The van der Waals surface area contributed by atoms with E-state index in [4.69, 9.17) is 4.74 Å². The van der Waals surface area contributed by atoms with Crippen molar-refractivity contribution < 1.29 is 17.5 Å². The molecule has 2 rings (SSSR count). The van der Waals surface area contributed by atoms with Crippen LogP contribution in [0.4, 0.5) is 10.1 Å². The van der Waals surface area contributed by atoms with E-state index in [1.165, 1.54) is 25.4 Å². The SMILES string of the molecule is COc1ccc(NS(=O)(=O)c2c[nH]ccc2=O)cc1F. The Bertz CT molecular complexity index is 786. The maximum atomic E-state index is 13.5. The van der Waals surface area contributed by atoms with E-state index in [1.807, 2.05) is 0 Å². The van der Waals surface area contributed by atoms with Crippen LogP contribution in [0.1, 0.15) is 0 Å². The zero-order chi connectivity index (χ0) is 14.8. The first kappa shape index (κ1) is 14.1. The molecule has 0 spiro atoms. The normalized spacial score (nSPS) is 11.1. The Morgan fingerprint density at radius 1 is 1.30 bits per heavy atom. The fraction of sp³-hybridized carbons (Fsp3) is 0.0833. The molecule has 0 amide bonds. The maximum absolute atomic E-state index is 13.5. The molecule has 0 aliphatic heterocycles. The van der Waals surface area contributed by atoms with Crippen LogP contribution in [0, 0.1) is 5.82 Å². The van der Waals surface area contributed by atoms with Gasteiger partial charge in [-0.05, 0) is 12.1 Å². The Labute approximate surface area is 114 Å². The zero-order valence-electron chi connectivity index (χ0n) is 10.4. The van der Waals surface area contributed by atoms with Crippen molar-refractivity contribution in [2.75, 3.05) is 11.8 Å². The number of anilines is 1. The second kappa shape index (κ2) is 5.33. The highest BCUT2D eigenvalue weighted by molar-refractivity contribution is 7.92. The van der Waals surface area contributed by atoms with Gasteiger partial charge in [0.1, 0.15) is 0 Å². The number of rotatable bonds is 4. The maximum Gasteiger partial charge on any atom is 0.267 e. The van der Waals surface area contributed by atoms with Crippen LogP contribution in [0.5, 0.6) is 5.75 Å². The van der Waals surface area contributed by atoms with Crippen LogP contribution in [0.25, 0.3) is 0 Å². The van der Waals surface area contributed by atoms with Crippen LogP contribution in [0.2, 0.25) is 0 Å². The van der Waals surface area contributed by atoms with E-state index < -0.39 is 26.2 Å². The third-order valence-electron chi connectivity index (χ3n) is 2.48. The molecule has 106 valence electrons. The van der Waals surface area contributed by atoms with Gasteiger partial charge in [0.25, 0.3) is 10.0 Å². The number of aromatic nitrogens is 1. The van der Waals surface area contributed by atoms with Crippen molar-refractivity contribution in [3.63, 3.8) is 0 Å². The smallest absolute Gasteiger partial charge is 0.267 e. The van der Waals surface area contributed by atoms with Crippen LogP contribution in [-0.4, -0.2) is 20.5 Å². The Hall–Kier alpha value is -2.35. The Balaban J connectivity index is 2.36. The number of benzene rings is 1. The van der Waals surface area contributed by atoms with Gasteiger partial charge in [0, 0.05) is 24.5 Å². The number of halogens is 1. The van der Waals surface area contributed by atoms with E-state index in [9.17, 15) is 17.6 Å². The van der Waals surface area contributed by atoms with Crippen molar-refractivity contribution in [3.8, 4) is 5.75 Å². The lowest BCUT2D eigenvalue weighted by Crippen LogP contribution is -2.21. The standard InChI is InChI=1S/C12H11FN2O4S/c1-19-11-3-2-8(6-9(11)13)15-20(17,18)12-7-14-5-4-10(12)16/h2-7,15H,1H3,(H,14,16). The van der Waals surface area contributed by atoms with Crippen LogP contribution >= 0.6 is 0 Å². The number of pyridine rings is 1. The summed E-state index contributed by atoms with van der Waals surface area (Å²) in [6, 6.07) is 4.66. The van der Waals surface area contributed by atoms with E-state index in [0.29, 0.717) is 0 Å². The van der Waals surface area contributed by atoms with Gasteiger partial charge < -0.3 is 9.72 Å². The molecule has 1 heterocycles. The van der Waals surface area contributed by atoms with Gasteiger partial charge in [-0.2, -0.15) is 0 Å². The number of aromatic amines is 1. The Kier molecular flexibility index (Phi) is 3.75. The van der Waals surface area contributed by atoms with Gasteiger partial charge in [-0.25, -0.2) is 12.8 Å².